The Morgan fingerprint density at radius 2 is 1.79 bits per heavy atom. The summed E-state index contributed by atoms with van der Waals surface area (Å²) in [7, 11) is 0. The summed E-state index contributed by atoms with van der Waals surface area (Å²) in [5, 5.41) is 0. The molecule has 0 bridgehead atoms. The van der Waals surface area contributed by atoms with Crippen LogP contribution < -0.4 is 4.90 Å². The van der Waals surface area contributed by atoms with Gasteiger partial charge >= 0.3 is 0 Å². The summed E-state index contributed by atoms with van der Waals surface area (Å²) >= 11 is 0. The first kappa shape index (κ1) is 19.8. The maximum Gasteiger partial charge on any atom is 0.225 e. The number of anilines is 1. The second-order valence-electron chi connectivity index (χ2n) is 8.49. The van der Waals surface area contributed by atoms with Gasteiger partial charge in [0.15, 0.2) is 5.82 Å². The van der Waals surface area contributed by atoms with Crippen molar-refractivity contribution in [1.82, 2.24) is 14.9 Å². The van der Waals surface area contributed by atoms with Crippen molar-refractivity contribution in [2.45, 2.75) is 52.9 Å². The van der Waals surface area contributed by atoms with Gasteiger partial charge in [-0.2, -0.15) is 0 Å². The van der Waals surface area contributed by atoms with E-state index in [9.17, 15) is 4.79 Å². The van der Waals surface area contributed by atoms with Crippen LogP contribution in [-0.2, 0) is 22.5 Å². The highest BCUT2D eigenvalue weighted by Crippen LogP contribution is 2.31. The van der Waals surface area contributed by atoms with Gasteiger partial charge < -0.3 is 14.5 Å². The highest BCUT2D eigenvalue weighted by molar-refractivity contribution is 5.78. The van der Waals surface area contributed by atoms with E-state index in [1.54, 1.807) is 0 Å². The molecule has 0 N–H and O–H groups in total. The minimum absolute atomic E-state index is 0.00654. The number of rotatable bonds is 3. The molecule has 1 fully saturated rings. The lowest BCUT2D eigenvalue weighted by Crippen LogP contribution is -2.47. The molecule has 0 aliphatic carbocycles. The Hall–Kier alpha value is -2.47. The van der Waals surface area contributed by atoms with Gasteiger partial charge in [-0.15, -0.1) is 0 Å². The molecule has 1 amide bonds. The van der Waals surface area contributed by atoms with E-state index >= 15 is 0 Å². The molecule has 2 aliphatic rings. The van der Waals surface area contributed by atoms with E-state index in [4.69, 9.17) is 14.7 Å². The van der Waals surface area contributed by atoms with Gasteiger partial charge in [0.2, 0.25) is 5.91 Å². The molecular weight excluding hydrogens is 364 g/mol. The van der Waals surface area contributed by atoms with E-state index in [2.05, 4.69) is 18.7 Å². The van der Waals surface area contributed by atoms with Gasteiger partial charge in [-0.05, 0) is 13.8 Å². The van der Waals surface area contributed by atoms with Crippen LogP contribution in [-0.4, -0.2) is 52.6 Å². The number of carbonyl (C=O) groups is 1. The standard InChI is InChI=1S/C23H30N4O2/c1-15(2)23(28)26-11-10-20-19(14-26)22(27-12-16(3)29-17(4)13-27)25-21(24-20)18-8-6-5-7-9-18/h5-9,15-17H,10-14H2,1-4H3/t16-,17-/m0/s1. The van der Waals surface area contributed by atoms with Crippen molar-refractivity contribution in [3.8, 4) is 11.4 Å². The van der Waals surface area contributed by atoms with Crippen molar-refractivity contribution in [3.63, 3.8) is 0 Å². The van der Waals surface area contributed by atoms with Crippen LogP contribution in [0.2, 0.25) is 0 Å². The highest BCUT2D eigenvalue weighted by atomic mass is 16.5. The van der Waals surface area contributed by atoms with Crippen LogP contribution in [0.25, 0.3) is 11.4 Å². The third-order valence-corrected chi connectivity index (χ3v) is 5.60. The molecule has 0 radical (unpaired) electrons. The molecule has 1 saturated heterocycles. The van der Waals surface area contributed by atoms with Crippen LogP contribution >= 0.6 is 0 Å². The smallest absolute Gasteiger partial charge is 0.225 e. The maximum atomic E-state index is 12.6. The SMILES string of the molecule is CC(C)C(=O)N1CCc2nc(-c3ccccc3)nc(N3C[C@H](C)O[C@@H](C)C3)c2C1. The molecular formula is C23H30N4O2. The first-order chi connectivity index (χ1) is 13.9. The summed E-state index contributed by atoms with van der Waals surface area (Å²) in [4.78, 5) is 26.8. The van der Waals surface area contributed by atoms with Gasteiger partial charge in [0.05, 0.1) is 24.4 Å². The fourth-order valence-electron chi connectivity index (χ4n) is 4.28. The number of fused-ring (bicyclic) bond motifs is 1. The molecule has 154 valence electrons. The third-order valence-electron chi connectivity index (χ3n) is 5.60. The fourth-order valence-corrected chi connectivity index (χ4v) is 4.28. The molecule has 4 rings (SSSR count). The molecule has 29 heavy (non-hydrogen) atoms. The molecule has 2 aromatic rings. The summed E-state index contributed by atoms with van der Waals surface area (Å²) in [5.74, 6) is 1.90. The van der Waals surface area contributed by atoms with E-state index in [1.807, 2.05) is 49.1 Å². The van der Waals surface area contributed by atoms with Crippen LogP contribution in [0, 0.1) is 5.92 Å². The second kappa shape index (κ2) is 8.11. The van der Waals surface area contributed by atoms with Crippen molar-refractivity contribution in [2.24, 2.45) is 5.92 Å². The lowest BCUT2D eigenvalue weighted by atomic mass is 10.0. The molecule has 0 saturated carbocycles. The monoisotopic (exact) mass is 394 g/mol. The Kier molecular flexibility index (Phi) is 5.54. The molecule has 6 nitrogen and oxygen atoms in total. The average molecular weight is 395 g/mol. The highest BCUT2D eigenvalue weighted by Gasteiger charge is 2.31. The Morgan fingerprint density at radius 1 is 1.10 bits per heavy atom. The zero-order valence-corrected chi connectivity index (χ0v) is 17.8. The van der Waals surface area contributed by atoms with Gasteiger partial charge in [0.1, 0.15) is 5.82 Å². The van der Waals surface area contributed by atoms with Crippen molar-refractivity contribution in [2.75, 3.05) is 24.5 Å². The predicted molar refractivity (Wildman–Crippen MR) is 114 cm³/mol. The number of amides is 1. The molecule has 2 aliphatic heterocycles. The van der Waals surface area contributed by atoms with E-state index in [0.29, 0.717) is 13.1 Å². The molecule has 2 atom stereocenters. The summed E-state index contributed by atoms with van der Waals surface area (Å²) < 4.78 is 5.94. The van der Waals surface area contributed by atoms with Gasteiger partial charge in [0.25, 0.3) is 0 Å². The zero-order chi connectivity index (χ0) is 20.5. The minimum Gasteiger partial charge on any atom is -0.372 e. The Morgan fingerprint density at radius 3 is 2.45 bits per heavy atom. The van der Waals surface area contributed by atoms with Gasteiger partial charge in [-0.25, -0.2) is 9.97 Å². The number of carbonyl (C=O) groups excluding carboxylic acids is 1. The number of nitrogens with zero attached hydrogens (tertiary/aromatic N) is 4. The zero-order valence-electron chi connectivity index (χ0n) is 17.8. The molecule has 1 aromatic heterocycles. The van der Waals surface area contributed by atoms with Crippen molar-refractivity contribution < 1.29 is 9.53 Å². The van der Waals surface area contributed by atoms with E-state index < -0.39 is 0 Å². The third kappa shape index (κ3) is 4.13. The van der Waals surface area contributed by atoms with Gasteiger partial charge in [0, 0.05) is 43.1 Å². The summed E-state index contributed by atoms with van der Waals surface area (Å²) in [6, 6.07) is 10.1. The number of benzene rings is 1. The van der Waals surface area contributed by atoms with Crippen LogP contribution in [0.3, 0.4) is 0 Å². The van der Waals surface area contributed by atoms with E-state index in [-0.39, 0.29) is 24.0 Å². The normalized spacial score (nSPS) is 22.0. The lowest BCUT2D eigenvalue weighted by molar-refractivity contribution is -0.135. The van der Waals surface area contributed by atoms with Crippen molar-refractivity contribution in [3.05, 3.63) is 41.6 Å². The van der Waals surface area contributed by atoms with Gasteiger partial charge in [-0.3, -0.25) is 4.79 Å². The first-order valence-electron chi connectivity index (χ1n) is 10.6. The van der Waals surface area contributed by atoms with Crippen LogP contribution in [0.1, 0.15) is 39.0 Å². The van der Waals surface area contributed by atoms with Crippen molar-refractivity contribution >= 4 is 11.7 Å². The first-order valence-corrected chi connectivity index (χ1v) is 10.6. The number of hydrogen-bond acceptors (Lipinski definition) is 5. The molecule has 0 spiro atoms. The Labute approximate surface area is 172 Å². The molecule has 0 unspecified atom stereocenters. The maximum absolute atomic E-state index is 12.6. The summed E-state index contributed by atoms with van der Waals surface area (Å²) in [6.45, 7) is 11.0. The molecule has 6 heteroatoms. The van der Waals surface area contributed by atoms with Crippen LogP contribution in [0.15, 0.2) is 30.3 Å². The lowest BCUT2D eigenvalue weighted by Gasteiger charge is -2.39. The number of aromatic nitrogens is 2. The fraction of sp³-hybridized carbons (Fsp3) is 0.522. The molecule has 1 aromatic carbocycles. The Bertz CT molecular complexity index is 874. The number of morpholine rings is 1. The summed E-state index contributed by atoms with van der Waals surface area (Å²) in [5.41, 5.74) is 3.17. The quantitative estimate of drug-likeness (QED) is 0.799. The number of hydrogen-bond donors (Lipinski definition) is 0. The van der Waals surface area contributed by atoms with E-state index in [1.165, 1.54) is 0 Å². The predicted octanol–water partition coefficient (Wildman–Crippen LogP) is 3.30. The average Bonchev–Trinajstić information content (AvgIpc) is 2.71. The number of ether oxygens (including phenoxy) is 1. The summed E-state index contributed by atoms with van der Waals surface area (Å²) in [6.07, 6.45) is 1.04. The largest absolute Gasteiger partial charge is 0.372 e. The Balaban J connectivity index is 1.77. The van der Waals surface area contributed by atoms with Crippen LogP contribution in [0.4, 0.5) is 5.82 Å². The van der Waals surface area contributed by atoms with Crippen LogP contribution in [0.5, 0.6) is 0 Å². The second-order valence-corrected chi connectivity index (χ2v) is 8.49. The van der Waals surface area contributed by atoms with E-state index in [0.717, 1.165) is 48.0 Å². The topological polar surface area (TPSA) is 58.6 Å². The van der Waals surface area contributed by atoms with Crippen molar-refractivity contribution in [1.29, 1.82) is 0 Å². The minimum atomic E-state index is -0.00654. The van der Waals surface area contributed by atoms with Gasteiger partial charge in [-0.1, -0.05) is 44.2 Å². The molecule has 3 heterocycles.